The molecule has 1 aliphatic rings. The Kier molecular flexibility index (Phi) is 5.99. The molecule has 3 atom stereocenters. The highest BCUT2D eigenvalue weighted by Crippen LogP contribution is 2.27. The van der Waals surface area contributed by atoms with Crippen LogP contribution < -0.4 is 11.2 Å². The van der Waals surface area contributed by atoms with Gasteiger partial charge in [0.25, 0.3) is 11.2 Å². The van der Waals surface area contributed by atoms with Crippen LogP contribution in [-0.2, 0) is 22.7 Å². The molecule has 1 aromatic heterocycles. The maximum atomic E-state index is 12.1. The fourth-order valence-corrected chi connectivity index (χ4v) is 2.98. The number of aliphatic hydroxyl groups excluding tert-OH is 2. The number of rotatable bonds is 7. The summed E-state index contributed by atoms with van der Waals surface area (Å²) in [5, 5.41) is 30.0. The highest BCUT2D eigenvalue weighted by atomic mass is 16.6. The van der Waals surface area contributed by atoms with Crippen LogP contribution in [0.25, 0.3) is 0 Å². The highest BCUT2D eigenvalue weighted by molar-refractivity contribution is 5.39. The molecule has 1 aliphatic heterocycles. The Hall–Kier alpha value is -2.86. The van der Waals surface area contributed by atoms with E-state index >= 15 is 0 Å². The quantitative estimate of drug-likeness (QED) is 0.431. The summed E-state index contributed by atoms with van der Waals surface area (Å²) in [5.41, 5.74) is -0.997. The zero-order valence-corrected chi connectivity index (χ0v) is 14.7. The molecule has 1 aromatic carbocycles. The van der Waals surface area contributed by atoms with E-state index in [0.29, 0.717) is 5.56 Å². The summed E-state index contributed by atoms with van der Waals surface area (Å²) in [6.07, 6.45) is -1.26. The highest BCUT2D eigenvalue weighted by Gasteiger charge is 2.35. The molecule has 0 amide bonds. The minimum absolute atomic E-state index is 0.0771. The van der Waals surface area contributed by atoms with Gasteiger partial charge in [0.05, 0.1) is 42.0 Å². The van der Waals surface area contributed by atoms with E-state index in [1.807, 2.05) is 0 Å². The molecule has 3 N–H and O–H groups in total. The number of hydrogen-bond donors (Lipinski definition) is 3. The summed E-state index contributed by atoms with van der Waals surface area (Å²) >= 11 is 0. The Balaban J connectivity index is 1.74. The third-order valence-electron chi connectivity index (χ3n) is 4.44. The average Bonchev–Trinajstić information content (AvgIpc) is 3.04. The van der Waals surface area contributed by atoms with E-state index in [1.54, 1.807) is 12.1 Å². The molecule has 1 fully saturated rings. The van der Waals surface area contributed by atoms with Crippen molar-refractivity contribution in [2.75, 3.05) is 6.61 Å². The van der Waals surface area contributed by atoms with Crippen LogP contribution in [0.3, 0.4) is 0 Å². The van der Waals surface area contributed by atoms with Crippen LogP contribution in [0.2, 0.25) is 0 Å². The van der Waals surface area contributed by atoms with Gasteiger partial charge in [-0.2, -0.15) is 0 Å². The molecular weight excluding hydrogens is 374 g/mol. The van der Waals surface area contributed by atoms with Crippen LogP contribution in [-0.4, -0.2) is 43.5 Å². The standard InChI is InChI=1S/C17H19N3O8/c21-7-14-13(22)5-15(28-14)19-6-11(16(23)18-17(19)24)9-27-8-10-3-1-2-4-12(10)20(25)26/h1-4,6,13-15,21-22H,5,7-9H2,(H,18,23,24)/t13-,14-,15-/m1/s1. The van der Waals surface area contributed by atoms with Crippen molar-refractivity contribution in [1.29, 1.82) is 0 Å². The molecule has 11 nitrogen and oxygen atoms in total. The molecule has 0 unspecified atom stereocenters. The second kappa shape index (κ2) is 8.44. The maximum Gasteiger partial charge on any atom is 0.330 e. The Morgan fingerprint density at radius 1 is 1.29 bits per heavy atom. The van der Waals surface area contributed by atoms with Crippen molar-refractivity contribution in [3.8, 4) is 0 Å². The second-order valence-electron chi connectivity index (χ2n) is 6.31. The third-order valence-corrected chi connectivity index (χ3v) is 4.44. The fourth-order valence-electron chi connectivity index (χ4n) is 2.98. The maximum absolute atomic E-state index is 12.1. The first-order chi connectivity index (χ1) is 13.4. The number of aromatic nitrogens is 2. The van der Waals surface area contributed by atoms with Gasteiger partial charge in [-0.05, 0) is 6.07 Å². The van der Waals surface area contributed by atoms with Crippen molar-refractivity contribution >= 4 is 5.69 Å². The summed E-state index contributed by atoms with van der Waals surface area (Å²) in [7, 11) is 0. The van der Waals surface area contributed by atoms with Crippen LogP contribution in [0, 0.1) is 10.1 Å². The van der Waals surface area contributed by atoms with Gasteiger partial charge in [-0.15, -0.1) is 0 Å². The van der Waals surface area contributed by atoms with Crippen molar-refractivity contribution < 1.29 is 24.6 Å². The lowest BCUT2D eigenvalue weighted by Gasteiger charge is -2.15. The van der Waals surface area contributed by atoms with Crippen molar-refractivity contribution in [3.63, 3.8) is 0 Å². The number of H-pyrrole nitrogens is 1. The monoisotopic (exact) mass is 393 g/mol. The molecule has 0 spiro atoms. The molecule has 11 heteroatoms. The summed E-state index contributed by atoms with van der Waals surface area (Å²) in [4.78, 5) is 36.7. The molecule has 2 heterocycles. The van der Waals surface area contributed by atoms with Crippen LogP contribution >= 0.6 is 0 Å². The van der Waals surface area contributed by atoms with E-state index in [1.165, 1.54) is 18.3 Å². The SMILES string of the molecule is O=c1[nH]c(=O)n([C@H]2C[C@@H](O)[C@@H](CO)O2)cc1COCc1ccccc1[N+](=O)[O-]. The first-order valence-electron chi connectivity index (χ1n) is 8.49. The molecule has 0 radical (unpaired) electrons. The predicted octanol–water partition coefficient (Wildman–Crippen LogP) is -0.198. The lowest BCUT2D eigenvalue weighted by atomic mass is 10.2. The van der Waals surface area contributed by atoms with Gasteiger partial charge in [0, 0.05) is 18.7 Å². The number of nitrogens with zero attached hydrogens (tertiary/aromatic N) is 2. The number of aromatic amines is 1. The van der Waals surface area contributed by atoms with Crippen molar-refractivity contribution in [2.24, 2.45) is 0 Å². The number of hydrogen-bond acceptors (Lipinski definition) is 8. The summed E-state index contributed by atoms with van der Waals surface area (Å²) < 4.78 is 12.0. The van der Waals surface area contributed by atoms with Crippen LogP contribution in [0.4, 0.5) is 5.69 Å². The van der Waals surface area contributed by atoms with Crippen LogP contribution in [0.5, 0.6) is 0 Å². The Labute approximate surface area is 157 Å². The predicted molar refractivity (Wildman–Crippen MR) is 94.5 cm³/mol. The molecule has 2 aromatic rings. The molecule has 3 rings (SSSR count). The minimum atomic E-state index is -0.938. The van der Waals surface area contributed by atoms with Gasteiger partial charge in [0.2, 0.25) is 0 Å². The molecule has 0 aliphatic carbocycles. The number of nitro benzene ring substituents is 1. The normalized spacial score (nSPS) is 21.7. The van der Waals surface area contributed by atoms with Crippen LogP contribution in [0.1, 0.15) is 23.8 Å². The van der Waals surface area contributed by atoms with E-state index in [2.05, 4.69) is 4.98 Å². The van der Waals surface area contributed by atoms with E-state index in [-0.39, 0.29) is 30.9 Å². The topological polar surface area (TPSA) is 157 Å². The zero-order valence-electron chi connectivity index (χ0n) is 14.7. The van der Waals surface area contributed by atoms with Gasteiger partial charge in [0.15, 0.2) is 0 Å². The number of nitro groups is 1. The van der Waals surface area contributed by atoms with Gasteiger partial charge in [0.1, 0.15) is 12.3 Å². The second-order valence-corrected chi connectivity index (χ2v) is 6.31. The Morgan fingerprint density at radius 2 is 2.00 bits per heavy atom. The third kappa shape index (κ3) is 4.17. The van der Waals surface area contributed by atoms with Gasteiger partial charge < -0.3 is 19.7 Å². The minimum Gasteiger partial charge on any atom is -0.394 e. The van der Waals surface area contributed by atoms with Gasteiger partial charge in [-0.25, -0.2) is 4.79 Å². The lowest BCUT2D eigenvalue weighted by Crippen LogP contribution is -2.34. The van der Waals surface area contributed by atoms with Crippen molar-refractivity contribution in [2.45, 2.75) is 38.1 Å². The first-order valence-corrected chi connectivity index (χ1v) is 8.49. The van der Waals surface area contributed by atoms with E-state index < -0.39 is 41.2 Å². The van der Waals surface area contributed by atoms with E-state index in [9.17, 15) is 24.8 Å². The Bertz CT molecular complexity index is 969. The number of ether oxygens (including phenoxy) is 2. The van der Waals surface area contributed by atoms with Gasteiger partial charge in [-0.3, -0.25) is 24.5 Å². The molecular formula is C17H19N3O8. The smallest absolute Gasteiger partial charge is 0.330 e. The molecule has 1 saturated heterocycles. The summed E-state index contributed by atoms with van der Waals surface area (Å²) in [5.74, 6) is 0. The number of para-hydroxylation sites is 1. The number of nitrogens with one attached hydrogen (secondary N) is 1. The fraction of sp³-hybridized carbons (Fsp3) is 0.412. The number of benzene rings is 1. The average molecular weight is 393 g/mol. The van der Waals surface area contributed by atoms with Crippen molar-refractivity contribution in [3.05, 3.63) is 72.5 Å². The summed E-state index contributed by atoms with van der Waals surface area (Å²) in [6, 6.07) is 6.08. The zero-order chi connectivity index (χ0) is 20.3. The summed E-state index contributed by atoms with van der Waals surface area (Å²) in [6.45, 7) is -0.692. The van der Waals surface area contributed by atoms with Gasteiger partial charge in [-0.1, -0.05) is 12.1 Å². The first kappa shape index (κ1) is 19.9. The lowest BCUT2D eigenvalue weighted by molar-refractivity contribution is -0.386. The molecule has 0 bridgehead atoms. The van der Waals surface area contributed by atoms with Gasteiger partial charge >= 0.3 is 5.69 Å². The largest absolute Gasteiger partial charge is 0.394 e. The molecule has 0 saturated carbocycles. The van der Waals surface area contributed by atoms with Crippen LogP contribution in [0.15, 0.2) is 40.1 Å². The molecule has 28 heavy (non-hydrogen) atoms. The number of aliphatic hydroxyl groups is 2. The van der Waals surface area contributed by atoms with Crippen molar-refractivity contribution in [1.82, 2.24) is 9.55 Å². The molecule has 150 valence electrons. The van der Waals surface area contributed by atoms with E-state index in [4.69, 9.17) is 14.6 Å². The Morgan fingerprint density at radius 3 is 2.68 bits per heavy atom. The van der Waals surface area contributed by atoms with E-state index in [0.717, 1.165) is 4.57 Å².